The molecule has 17 heavy (non-hydrogen) atoms. The first-order chi connectivity index (χ1) is 8.29. The van der Waals surface area contributed by atoms with E-state index in [4.69, 9.17) is 16.9 Å². The first-order valence-electron chi connectivity index (χ1n) is 5.22. The van der Waals surface area contributed by atoms with Crippen LogP contribution in [0.3, 0.4) is 0 Å². The van der Waals surface area contributed by atoms with Gasteiger partial charge in [-0.1, -0.05) is 54.1 Å². The van der Waals surface area contributed by atoms with Gasteiger partial charge in [0, 0.05) is 5.02 Å². The highest BCUT2D eigenvalue weighted by Crippen LogP contribution is 2.19. The zero-order valence-electron chi connectivity index (χ0n) is 9.10. The number of hydrogen-bond donors (Lipinski definition) is 0. The molecule has 0 aromatic heterocycles. The molecule has 2 aromatic rings. The van der Waals surface area contributed by atoms with E-state index < -0.39 is 0 Å². The van der Waals surface area contributed by atoms with Crippen LogP contribution in [0.4, 0.5) is 0 Å². The third-order valence-electron chi connectivity index (χ3n) is 2.36. The molecule has 0 fully saturated rings. The standard InChI is InChI=1S/C15H10ClN/c16-15-8-4-5-12(10-15)9-14(11-17)13-6-2-1-3-7-13/h1-10H/b14-9-. The number of nitriles is 1. The van der Waals surface area contributed by atoms with Crippen LogP contribution in [0.2, 0.25) is 5.02 Å². The Morgan fingerprint density at radius 1 is 1.06 bits per heavy atom. The van der Waals surface area contributed by atoms with E-state index in [0.29, 0.717) is 10.6 Å². The Kier molecular flexibility index (Phi) is 3.59. The molecule has 0 aliphatic rings. The Balaban J connectivity index is 2.41. The molecule has 82 valence electrons. The largest absolute Gasteiger partial charge is 0.192 e. The van der Waals surface area contributed by atoms with Gasteiger partial charge in [0.2, 0.25) is 0 Å². The van der Waals surface area contributed by atoms with Crippen molar-refractivity contribution in [2.45, 2.75) is 0 Å². The minimum absolute atomic E-state index is 0.632. The molecule has 0 spiro atoms. The maximum atomic E-state index is 9.16. The quantitative estimate of drug-likeness (QED) is 0.563. The van der Waals surface area contributed by atoms with Gasteiger partial charge in [0.05, 0.1) is 11.6 Å². The van der Waals surface area contributed by atoms with E-state index in [9.17, 15) is 0 Å². The molecule has 0 aliphatic heterocycles. The van der Waals surface area contributed by atoms with Crippen molar-refractivity contribution in [2.75, 3.05) is 0 Å². The number of benzene rings is 2. The van der Waals surface area contributed by atoms with E-state index in [1.54, 1.807) is 0 Å². The topological polar surface area (TPSA) is 23.8 Å². The van der Waals surface area contributed by atoms with Crippen molar-refractivity contribution in [3.8, 4) is 6.07 Å². The van der Waals surface area contributed by atoms with E-state index in [1.165, 1.54) is 0 Å². The van der Waals surface area contributed by atoms with E-state index in [0.717, 1.165) is 11.1 Å². The fourth-order valence-electron chi connectivity index (χ4n) is 1.56. The van der Waals surface area contributed by atoms with E-state index >= 15 is 0 Å². The van der Waals surface area contributed by atoms with Crippen LogP contribution in [-0.2, 0) is 0 Å². The van der Waals surface area contributed by atoms with Gasteiger partial charge in [0.15, 0.2) is 0 Å². The molecule has 0 atom stereocenters. The molecule has 0 N–H and O–H groups in total. The number of nitrogens with zero attached hydrogens (tertiary/aromatic N) is 1. The molecule has 0 radical (unpaired) electrons. The maximum absolute atomic E-state index is 9.16. The van der Waals surface area contributed by atoms with Crippen LogP contribution in [0.5, 0.6) is 0 Å². The average Bonchev–Trinajstić information content (AvgIpc) is 2.37. The Hall–Kier alpha value is -2.04. The predicted molar refractivity (Wildman–Crippen MR) is 71.4 cm³/mol. The van der Waals surface area contributed by atoms with Gasteiger partial charge >= 0.3 is 0 Å². The summed E-state index contributed by atoms with van der Waals surface area (Å²) in [5.41, 5.74) is 2.47. The summed E-state index contributed by atoms with van der Waals surface area (Å²) in [6.07, 6.45) is 1.83. The zero-order chi connectivity index (χ0) is 12.1. The molecule has 0 saturated carbocycles. The molecule has 0 unspecified atom stereocenters. The van der Waals surface area contributed by atoms with Crippen LogP contribution in [0, 0.1) is 11.3 Å². The predicted octanol–water partition coefficient (Wildman–Crippen LogP) is 4.40. The molecule has 2 rings (SSSR count). The van der Waals surface area contributed by atoms with Crippen molar-refractivity contribution in [1.29, 1.82) is 5.26 Å². The number of hydrogen-bond acceptors (Lipinski definition) is 1. The Labute approximate surface area is 106 Å². The number of rotatable bonds is 2. The summed E-state index contributed by atoms with van der Waals surface area (Å²) < 4.78 is 0. The van der Waals surface area contributed by atoms with Crippen molar-refractivity contribution < 1.29 is 0 Å². The third-order valence-corrected chi connectivity index (χ3v) is 2.60. The summed E-state index contributed by atoms with van der Waals surface area (Å²) in [5.74, 6) is 0. The van der Waals surface area contributed by atoms with Gasteiger partial charge in [0.25, 0.3) is 0 Å². The summed E-state index contributed by atoms with van der Waals surface area (Å²) >= 11 is 5.91. The monoisotopic (exact) mass is 239 g/mol. The highest BCUT2D eigenvalue weighted by molar-refractivity contribution is 6.30. The Morgan fingerprint density at radius 3 is 2.47 bits per heavy atom. The summed E-state index contributed by atoms with van der Waals surface area (Å²) in [5, 5.41) is 9.83. The second kappa shape index (κ2) is 5.34. The van der Waals surface area contributed by atoms with Gasteiger partial charge < -0.3 is 0 Å². The molecular weight excluding hydrogens is 230 g/mol. The minimum atomic E-state index is 0.632. The van der Waals surface area contributed by atoms with Crippen molar-refractivity contribution >= 4 is 23.3 Å². The first-order valence-corrected chi connectivity index (χ1v) is 5.60. The lowest BCUT2D eigenvalue weighted by Gasteiger charge is -1.99. The molecular formula is C15H10ClN. The second-order valence-electron chi connectivity index (χ2n) is 3.59. The third kappa shape index (κ3) is 2.96. The van der Waals surface area contributed by atoms with E-state index in [1.807, 2.05) is 60.7 Å². The SMILES string of the molecule is N#C/C(=C/c1cccc(Cl)c1)c1ccccc1. The summed E-state index contributed by atoms with van der Waals surface area (Å²) in [4.78, 5) is 0. The fourth-order valence-corrected chi connectivity index (χ4v) is 1.76. The molecule has 0 heterocycles. The number of halogens is 1. The van der Waals surface area contributed by atoms with Crippen LogP contribution < -0.4 is 0 Å². The van der Waals surface area contributed by atoms with Gasteiger partial charge in [0.1, 0.15) is 0 Å². The lowest BCUT2D eigenvalue weighted by atomic mass is 10.0. The molecule has 0 aliphatic carbocycles. The van der Waals surface area contributed by atoms with Gasteiger partial charge in [-0.05, 0) is 29.3 Å². The number of allylic oxidation sites excluding steroid dienone is 1. The van der Waals surface area contributed by atoms with Crippen LogP contribution in [-0.4, -0.2) is 0 Å². The highest BCUT2D eigenvalue weighted by Gasteiger charge is 1.99. The van der Waals surface area contributed by atoms with Gasteiger partial charge in [-0.15, -0.1) is 0 Å². The maximum Gasteiger partial charge on any atom is 0.0998 e. The van der Waals surface area contributed by atoms with Crippen molar-refractivity contribution in [1.82, 2.24) is 0 Å². The molecule has 0 bridgehead atoms. The van der Waals surface area contributed by atoms with Gasteiger partial charge in [-0.2, -0.15) is 5.26 Å². The highest BCUT2D eigenvalue weighted by atomic mass is 35.5. The van der Waals surface area contributed by atoms with E-state index in [-0.39, 0.29) is 0 Å². The molecule has 1 nitrogen and oxygen atoms in total. The van der Waals surface area contributed by atoms with Gasteiger partial charge in [-0.3, -0.25) is 0 Å². The second-order valence-corrected chi connectivity index (χ2v) is 4.03. The van der Waals surface area contributed by atoms with Crippen LogP contribution in [0.1, 0.15) is 11.1 Å². The van der Waals surface area contributed by atoms with E-state index in [2.05, 4.69) is 6.07 Å². The Morgan fingerprint density at radius 2 is 1.82 bits per heavy atom. The van der Waals surface area contributed by atoms with Crippen LogP contribution >= 0.6 is 11.6 Å². The minimum Gasteiger partial charge on any atom is -0.192 e. The summed E-state index contributed by atoms with van der Waals surface area (Å²) in [7, 11) is 0. The average molecular weight is 240 g/mol. The lowest BCUT2D eigenvalue weighted by Crippen LogP contribution is -1.81. The van der Waals surface area contributed by atoms with Crippen molar-refractivity contribution in [2.24, 2.45) is 0 Å². The lowest BCUT2D eigenvalue weighted by molar-refractivity contribution is 1.52. The molecule has 0 amide bonds. The Bertz CT molecular complexity index is 579. The van der Waals surface area contributed by atoms with Crippen LogP contribution in [0.25, 0.3) is 11.6 Å². The first kappa shape index (κ1) is 11.4. The molecule has 0 saturated heterocycles. The van der Waals surface area contributed by atoms with Crippen LogP contribution in [0.15, 0.2) is 54.6 Å². The summed E-state index contributed by atoms with van der Waals surface area (Å²) in [6, 6.07) is 19.2. The normalized spacial score (nSPS) is 10.9. The zero-order valence-corrected chi connectivity index (χ0v) is 9.85. The smallest absolute Gasteiger partial charge is 0.0998 e. The van der Waals surface area contributed by atoms with Crippen molar-refractivity contribution in [3.63, 3.8) is 0 Å². The fraction of sp³-hybridized carbons (Fsp3) is 0. The summed E-state index contributed by atoms with van der Waals surface area (Å²) in [6.45, 7) is 0. The van der Waals surface area contributed by atoms with Gasteiger partial charge in [-0.25, -0.2) is 0 Å². The van der Waals surface area contributed by atoms with Crippen molar-refractivity contribution in [3.05, 3.63) is 70.7 Å². The molecule has 2 heteroatoms. The molecule has 2 aromatic carbocycles.